The molecule has 0 aliphatic rings. The zero-order valence-electron chi connectivity index (χ0n) is 13.4. The van der Waals surface area contributed by atoms with E-state index in [-0.39, 0.29) is 12.5 Å². The Hall–Kier alpha value is -2.80. The second kappa shape index (κ2) is 7.40. The van der Waals surface area contributed by atoms with Crippen molar-refractivity contribution >= 4 is 27.5 Å². The van der Waals surface area contributed by atoms with Gasteiger partial charge in [0.05, 0.1) is 17.6 Å². The number of benzene rings is 2. The van der Waals surface area contributed by atoms with Crippen LogP contribution in [0.1, 0.15) is 5.56 Å². The molecule has 1 heterocycles. The van der Waals surface area contributed by atoms with E-state index in [1.165, 1.54) is 6.20 Å². The van der Waals surface area contributed by atoms with E-state index in [1.54, 1.807) is 6.07 Å². The van der Waals surface area contributed by atoms with Crippen LogP contribution >= 0.6 is 15.9 Å². The Balaban J connectivity index is 1.75. The zero-order valence-corrected chi connectivity index (χ0v) is 15.0. The molecule has 0 aliphatic heterocycles. The molecular formula is C18H15BrN4O2. The van der Waals surface area contributed by atoms with Crippen molar-refractivity contribution in [2.24, 2.45) is 0 Å². The first kappa shape index (κ1) is 17.0. The highest BCUT2D eigenvalue weighted by molar-refractivity contribution is 9.10. The molecule has 0 fully saturated rings. The number of carbonyl (C=O) groups is 1. The van der Waals surface area contributed by atoms with Crippen molar-refractivity contribution in [1.29, 1.82) is 0 Å². The Labute approximate surface area is 152 Å². The summed E-state index contributed by atoms with van der Waals surface area (Å²) in [7, 11) is 0. The maximum atomic E-state index is 12.1. The summed E-state index contributed by atoms with van der Waals surface area (Å²) in [6.07, 6.45) is 1.48. The van der Waals surface area contributed by atoms with E-state index >= 15 is 0 Å². The zero-order chi connectivity index (χ0) is 17.8. The number of amides is 1. The number of hydrogen-bond donors (Lipinski definition) is 1. The first-order valence-corrected chi connectivity index (χ1v) is 8.38. The molecule has 0 aliphatic carbocycles. The maximum Gasteiger partial charge on any atom is 0.365 e. The molecule has 1 aromatic heterocycles. The second-order valence-electron chi connectivity index (χ2n) is 5.48. The van der Waals surface area contributed by atoms with Crippen molar-refractivity contribution < 1.29 is 4.79 Å². The van der Waals surface area contributed by atoms with Crippen molar-refractivity contribution in [3.05, 3.63) is 75.2 Å². The van der Waals surface area contributed by atoms with Gasteiger partial charge in [-0.1, -0.05) is 42.0 Å². The van der Waals surface area contributed by atoms with Crippen LogP contribution in [0.25, 0.3) is 11.3 Å². The number of carbonyl (C=O) groups excluding carboxylic acids is 1. The fourth-order valence-corrected chi connectivity index (χ4v) is 2.61. The lowest BCUT2D eigenvalue weighted by Gasteiger charge is -2.08. The van der Waals surface area contributed by atoms with Crippen molar-refractivity contribution in [3.63, 3.8) is 0 Å². The quantitative estimate of drug-likeness (QED) is 0.732. The van der Waals surface area contributed by atoms with Crippen LogP contribution in [-0.4, -0.2) is 20.7 Å². The molecule has 6 nitrogen and oxygen atoms in total. The minimum Gasteiger partial charge on any atom is -0.323 e. The molecule has 0 unspecified atom stereocenters. The smallest absolute Gasteiger partial charge is 0.323 e. The van der Waals surface area contributed by atoms with Gasteiger partial charge in [0.25, 0.3) is 0 Å². The van der Waals surface area contributed by atoms with Crippen LogP contribution in [0.2, 0.25) is 0 Å². The van der Waals surface area contributed by atoms with Gasteiger partial charge in [0, 0.05) is 10.0 Å². The van der Waals surface area contributed by atoms with E-state index in [0.717, 1.165) is 20.3 Å². The average molecular weight is 399 g/mol. The number of halogens is 1. The van der Waals surface area contributed by atoms with Gasteiger partial charge in [0.1, 0.15) is 6.54 Å². The van der Waals surface area contributed by atoms with E-state index in [4.69, 9.17) is 0 Å². The monoisotopic (exact) mass is 398 g/mol. The first-order chi connectivity index (χ1) is 12.0. The largest absolute Gasteiger partial charge is 0.365 e. The van der Waals surface area contributed by atoms with E-state index in [2.05, 4.69) is 31.3 Å². The van der Waals surface area contributed by atoms with Crippen LogP contribution < -0.4 is 11.0 Å². The summed E-state index contributed by atoms with van der Waals surface area (Å²) in [5, 5.41) is 6.78. The summed E-state index contributed by atoms with van der Waals surface area (Å²) < 4.78 is 1.79. The number of anilines is 1. The third kappa shape index (κ3) is 4.19. The van der Waals surface area contributed by atoms with Gasteiger partial charge < -0.3 is 5.32 Å². The van der Waals surface area contributed by atoms with Crippen LogP contribution in [0.5, 0.6) is 0 Å². The summed E-state index contributed by atoms with van der Waals surface area (Å²) >= 11 is 3.35. The summed E-state index contributed by atoms with van der Waals surface area (Å²) in [5.41, 5.74) is 2.46. The molecule has 3 rings (SSSR count). The van der Waals surface area contributed by atoms with Crippen LogP contribution in [0.4, 0.5) is 5.69 Å². The molecule has 0 saturated heterocycles. The predicted molar refractivity (Wildman–Crippen MR) is 99.2 cm³/mol. The predicted octanol–water partition coefficient (Wildman–Crippen LogP) is 3.01. The molecule has 3 aromatic rings. The normalized spacial score (nSPS) is 10.5. The first-order valence-electron chi connectivity index (χ1n) is 7.58. The summed E-state index contributed by atoms with van der Waals surface area (Å²) in [4.78, 5) is 28.3. The van der Waals surface area contributed by atoms with Crippen LogP contribution in [-0.2, 0) is 11.3 Å². The van der Waals surface area contributed by atoms with Gasteiger partial charge in [0.2, 0.25) is 5.91 Å². The Bertz CT molecular complexity index is 967. The molecule has 0 atom stereocenters. The van der Waals surface area contributed by atoms with Gasteiger partial charge in [0.15, 0.2) is 0 Å². The summed E-state index contributed by atoms with van der Waals surface area (Å²) in [5.74, 6) is -0.355. The van der Waals surface area contributed by atoms with Gasteiger partial charge in [-0.05, 0) is 35.0 Å². The molecule has 0 radical (unpaired) electrons. The maximum absolute atomic E-state index is 12.1. The second-order valence-corrected chi connectivity index (χ2v) is 6.33. The van der Waals surface area contributed by atoms with E-state index in [1.807, 2.05) is 49.4 Å². The van der Waals surface area contributed by atoms with Gasteiger partial charge in [-0.2, -0.15) is 10.1 Å². The lowest BCUT2D eigenvalue weighted by Crippen LogP contribution is -2.31. The third-order valence-corrected chi connectivity index (χ3v) is 4.24. The van der Waals surface area contributed by atoms with Crippen LogP contribution in [0.15, 0.2) is 64.0 Å². The number of aromatic nitrogens is 3. The molecule has 0 bridgehead atoms. The van der Waals surface area contributed by atoms with Crippen molar-refractivity contribution in [1.82, 2.24) is 14.8 Å². The molecule has 25 heavy (non-hydrogen) atoms. The number of nitrogens with zero attached hydrogens (tertiary/aromatic N) is 3. The van der Waals surface area contributed by atoms with E-state index in [0.29, 0.717) is 11.4 Å². The number of aryl methyl sites for hydroxylation is 1. The van der Waals surface area contributed by atoms with Crippen LogP contribution in [0, 0.1) is 6.92 Å². The minimum absolute atomic E-state index is 0.207. The molecule has 126 valence electrons. The van der Waals surface area contributed by atoms with E-state index in [9.17, 15) is 9.59 Å². The van der Waals surface area contributed by atoms with Gasteiger partial charge >= 0.3 is 5.69 Å². The molecule has 1 N–H and O–H groups in total. The Morgan fingerprint density at radius 1 is 1.16 bits per heavy atom. The molecule has 1 amide bonds. The SMILES string of the molecule is Cc1ccc(-c2cnn(CC(=O)Nc3ccccc3Br)c(=O)n2)cc1. The number of para-hydroxylation sites is 1. The van der Waals surface area contributed by atoms with Crippen molar-refractivity contribution in [2.75, 3.05) is 5.32 Å². The topological polar surface area (TPSA) is 76.9 Å². The third-order valence-electron chi connectivity index (χ3n) is 3.54. The van der Waals surface area contributed by atoms with Gasteiger partial charge in [-0.25, -0.2) is 9.48 Å². The number of rotatable bonds is 4. The lowest BCUT2D eigenvalue weighted by atomic mass is 10.1. The molecule has 0 spiro atoms. The Morgan fingerprint density at radius 2 is 1.88 bits per heavy atom. The summed E-state index contributed by atoms with van der Waals surface area (Å²) in [6, 6.07) is 14.9. The lowest BCUT2D eigenvalue weighted by molar-refractivity contribution is -0.117. The molecule has 2 aromatic carbocycles. The molecular weight excluding hydrogens is 384 g/mol. The standard InChI is InChI=1S/C18H15BrN4O2/c1-12-6-8-13(9-7-12)16-10-20-23(18(25)22-16)11-17(24)21-15-5-3-2-4-14(15)19/h2-10H,11H2,1H3,(H,21,24). The molecule has 0 saturated carbocycles. The van der Waals surface area contributed by atoms with Crippen molar-refractivity contribution in [3.8, 4) is 11.3 Å². The number of hydrogen-bond acceptors (Lipinski definition) is 4. The fourth-order valence-electron chi connectivity index (χ4n) is 2.22. The highest BCUT2D eigenvalue weighted by atomic mass is 79.9. The highest BCUT2D eigenvalue weighted by Crippen LogP contribution is 2.21. The van der Waals surface area contributed by atoms with Gasteiger partial charge in [-0.3, -0.25) is 4.79 Å². The van der Waals surface area contributed by atoms with Crippen LogP contribution in [0.3, 0.4) is 0 Å². The fraction of sp³-hybridized carbons (Fsp3) is 0.111. The Morgan fingerprint density at radius 3 is 2.56 bits per heavy atom. The van der Waals surface area contributed by atoms with Gasteiger partial charge in [-0.15, -0.1) is 0 Å². The highest BCUT2D eigenvalue weighted by Gasteiger charge is 2.10. The van der Waals surface area contributed by atoms with Crippen molar-refractivity contribution in [2.45, 2.75) is 13.5 Å². The Kier molecular flexibility index (Phi) is 5.04. The summed E-state index contributed by atoms with van der Waals surface area (Å²) in [6.45, 7) is 1.78. The van der Waals surface area contributed by atoms with E-state index < -0.39 is 5.69 Å². The number of nitrogens with one attached hydrogen (secondary N) is 1. The minimum atomic E-state index is -0.569. The average Bonchev–Trinajstić information content (AvgIpc) is 2.59. The molecule has 7 heteroatoms.